The van der Waals surface area contributed by atoms with E-state index in [2.05, 4.69) is 63.4 Å². The molecule has 0 unspecified atom stereocenters. The Morgan fingerprint density at radius 1 is 0.730 bits per heavy atom. The summed E-state index contributed by atoms with van der Waals surface area (Å²) in [6.07, 6.45) is 0. The number of hydrogen-bond donors (Lipinski definition) is 0. The molecule has 3 aromatic carbocycles. The van der Waals surface area contributed by atoms with Crippen LogP contribution in [0.3, 0.4) is 0 Å². The first-order valence-corrected chi connectivity index (χ1v) is 12.4. The van der Waals surface area contributed by atoms with Gasteiger partial charge in [0.2, 0.25) is 11.8 Å². The van der Waals surface area contributed by atoms with Crippen molar-refractivity contribution in [3.05, 3.63) is 108 Å². The van der Waals surface area contributed by atoms with Gasteiger partial charge in [-0.25, -0.2) is 0 Å². The number of ether oxygens (including phenoxy) is 2. The van der Waals surface area contributed by atoms with Crippen molar-refractivity contribution in [2.75, 3.05) is 40.4 Å². The molecule has 0 spiro atoms. The predicted octanol–water partition coefficient (Wildman–Crippen LogP) is 4.71. The fraction of sp³-hybridized carbons (Fsp3) is 0.233. The molecule has 1 aliphatic rings. The Morgan fingerprint density at radius 3 is 1.73 bits per heavy atom. The minimum atomic E-state index is 0.0336. The standard InChI is InChI=1S/C30H30N4O3/c1-36-26-21-27(37-2)32-29(31-26)24-13-15-25(16-14-24)30(35)34-19-17-33(18-20-34)28(22-9-5-3-6-10-22)23-11-7-4-8-12-23/h3-16,21,28H,17-20H2,1-2H3. The maximum absolute atomic E-state index is 13.3. The molecule has 2 heterocycles. The maximum Gasteiger partial charge on any atom is 0.253 e. The lowest BCUT2D eigenvalue weighted by Crippen LogP contribution is -2.49. The summed E-state index contributed by atoms with van der Waals surface area (Å²) >= 11 is 0. The van der Waals surface area contributed by atoms with E-state index < -0.39 is 0 Å². The largest absolute Gasteiger partial charge is 0.481 e. The molecule has 5 rings (SSSR count). The third-order valence-corrected chi connectivity index (χ3v) is 6.68. The molecule has 7 nitrogen and oxygen atoms in total. The highest BCUT2D eigenvalue weighted by Crippen LogP contribution is 2.30. The Kier molecular flexibility index (Phi) is 7.42. The molecular weight excluding hydrogens is 464 g/mol. The van der Waals surface area contributed by atoms with Gasteiger partial charge in [0.05, 0.1) is 26.3 Å². The molecule has 1 fully saturated rings. The van der Waals surface area contributed by atoms with Crippen molar-refractivity contribution < 1.29 is 14.3 Å². The topological polar surface area (TPSA) is 67.8 Å². The van der Waals surface area contributed by atoms with Gasteiger partial charge in [-0.1, -0.05) is 72.8 Å². The molecule has 1 aliphatic heterocycles. The third kappa shape index (κ3) is 5.47. The molecule has 0 N–H and O–H groups in total. The van der Waals surface area contributed by atoms with Gasteiger partial charge < -0.3 is 14.4 Å². The van der Waals surface area contributed by atoms with E-state index in [1.165, 1.54) is 11.1 Å². The van der Waals surface area contributed by atoms with Crippen molar-refractivity contribution in [2.24, 2.45) is 0 Å². The normalized spacial score (nSPS) is 14.0. The Balaban J connectivity index is 1.28. The van der Waals surface area contributed by atoms with E-state index >= 15 is 0 Å². The molecule has 0 bridgehead atoms. The van der Waals surface area contributed by atoms with Gasteiger partial charge in [-0.15, -0.1) is 0 Å². The molecule has 37 heavy (non-hydrogen) atoms. The van der Waals surface area contributed by atoms with Gasteiger partial charge in [0, 0.05) is 37.3 Å². The van der Waals surface area contributed by atoms with Gasteiger partial charge in [0.15, 0.2) is 5.82 Å². The number of benzene rings is 3. The molecule has 0 saturated carbocycles. The molecule has 7 heteroatoms. The highest BCUT2D eigenvalue weighted by molar-refractivity contribution is 5.94. The van der Waals surface area contributed by atoms with Crippen molar-refractivity contribution in [3.63, 3.8) is 0 Å². The molecule has 4 aromatic rings. The van der Waals surface area contributed by atoms with E-state index in [0.717, 1.165) is 18.7 Å². The van der Waals surface area contributed by atoms with E-state index in [9.17, 15) is 4.79 Å². The van der Waals surface area contributed by atoms with Crippen LogP contribution < -0.4 is 9.47 Å². The minimum absolute atomic E-state index is 0.0336. The summed E-state index contributed by atoms with van der Waals surface area (Å²) in [5.74, 6) is 1.36. The van der Waals surface area contributed by atoms with Crippen LogP contribution in [0.25, 0.3) is 11.4 Å². The lowest BCUT2D eigenvalue weighted by Gasteiger charge is -2.39. The predicted molar refractivity (Wildman–Crippen MR) is 143 cm³/mol. The number of aromatic nitrogens is 2. The lowest BCUT2D eigenvalue weighted by atomic mass is 9.96. The van der Waals surface area contributed by atoms with E-state index in [4.69, 9.17) is 9.47 Å². The summed E-state index contributed by atoms with van der Waals surface area (Å²) in [6, 6.07) is 30.3. The zero-order valence-electron chi connectivity index (χ0n) is 21.1. The second kappa shape index (κ2) is 11.2. The second-order valence-electron chi connectivity index (χ2n) is 8.91. The molecule has 0 aliphatic carbocycles. The number of nitrogens with zero attached hydrogens (tertiary/aromatic N) is 4. The van der Waals surface area contributed by atoms with Crippen LogP contribution in [0.1, 0.15) is 27.5 Å². The number of hydrogen-bond acceptors (Lipinski definition) is 6. The molecule has 188 valence electrons. The lowest BCUT2D eigenvalue weighted by molar-refractivity contribution is 0.0597. The van der Waals surface area contributed by atoms with Gasteiger partial charge in [-0.3, -0.25) is 9.69 Å². The summed E-state index contributed by atoms with van der Waals surface area (Å²) in [5.41, 5.74) is 3.96. The molecule has 0 radical (unpaired) electrons. The molecule has 1 saturated heterocycles. The highest BCUT2D eigenvalue weighted by atomic mass is 16.5. The number of carbonyl (C=O) groups excluding carboxylic acids is 1. The number of methoxy groups -OCH3 is 2. The summed E-state index contributed by atoms with van der Waals surface area (Å²) in [6.45, 7) is 2.95. The van der Waals surface area contributed by atoms with Crippen LogP contribution in [0.4, 0.5) is 0 Å². The number of piperazine rings is 1. The fourth-order valence-corrected chi connectivity index (χ4v) is 4.75. The Bertz CT molecular complexity index is 1260. The molecule has 1 amide bonds. The van der Waals surface area contributed by atoms with Gasteiger partial charge >= 0.3 is 0 Å². The minimum Gasteiger partial charge on any atom is -0.481 e. The van der Waals surface area contributed by atoms with Gasteiger partial charge in [0.25, 0.3) is 5.91 Å². The van der Waals surface area contributed by atoms with Gasteiger partial charge in [-0.05, 0) is 23.3 Å². The average molecular weight is 495 g/mol. The van der Waals surface area contributed by atoms with Crippen molar-refractivity contribution in [2.45, 2.75) is 6.04 Å². The van der Waals surface area contributed by atoms with Crippen molar-refractivity contribution in [1.29, 1.82) is 0 Å². The number of carbonyl (C=O) groups is 1. The van der Waals surface area contributed by atoms with Crippen LogP contribution in [0.5, 0.6) is 11.8 Å². The van der Waals surface area contributed by atoms with Crippen LogP contribution in [0, 0.1) is 0 Å². The van der Waals surface area contributed by atoms with Crippen LogP contribution >= 0.6 is 0 Å². The second-order valence-corrected chi connectivity index (χ2v) is 8.91. The van der Waals surface area contributed by atoms with E-state index in [-0.39, 0.29) is 11.9 Å². The van der Waals surface area contributed by atoms with Gasteiger partial charge in [0.1, 0.15) is 0 Å². The van der Waals surface area contributed by atoms with Crippen LogP contribution in [0.2, 0.25) is 0 Å². The smallest absolute Gasteiger partial charge is 0.253 e. The Labute approximate surface area is 217 Å². The Hall–Kier alpha value is -4.23. The van der Waals surface area contributed by atoms with Crippen molar-refractivity contribution in [3.8, 4) is 23.1 Å². The van der Waals surface area contributed by atoms with Crippen LogP contribution in [0.15, 0.2) is 91.0 Å². The average Bonchev–Trinajstić information content (AvgIpc) is 2.98. The van der Waals surface area contributed by atoms with Crippen LogP contribution in [-0.2, 0) is 0 Å². The van der Waals surface area contributed by atoms with E-state index in [1.807, 2.05) is 41.3 Å². The molecular formula is C30H30N4O3. The third-order valence-electron chi connectivity index (χ3n) is 6.68. The number of amides is 1. The van der Waals surface area contributed by atoms with Crippen LogP contribution in [-0.4, -0.2) is 66.1 Å². The monoisotopic (exact) mass is 494 g/mol. The summed E-state index contributed by atoms with van der Waals surface area (Å²) in [7, 11) is 3.10. The zero-order valence-corrected chi connectivity index (χ0v) is 21.1. The fourth-order valence-electron chi connectivity index (χ4n) is 4.75. The first-order valence-electron chi connectivity index (χ1n) is 12.4. The summed E-state index contributed by atoms with van der Waals surface area (Å²) in [5, 5.41) is 0. The number of rotatable bonds is 7. The van der Waals surface area contributed by atoms with E-state index in [0.29, 0.717) is 36.2 Å². The zero-order chi connectivity index (χ0) is 25.6. The maximum atomic E-state index is 13.3. The van der Waals surface area contributed by atoms with Crippen molar-refractivity contribution in [1.82, 2.24) is 19.8 Å². The first-order chi connectivity index (χ1) is 18.2. The highest BCUT2D eigenvalue weighted by Gasteiger charge is 2.28. The summed E-state index contributed by atoms with van der Waals surface area (Å²) < 4.78 is 10.5. The van der Waals surface area contributed by atoms with Crippen molar-refractivity contribution >= 4 is 5.91 Å². The summed E-state index contributed by atoms with van der Waals surface area (Å²) in [4.78, 5) is 26.5. The first kappa shape index (κ1) is 24.5. The van der Waals surface area contributed by atoms with Gasteiger partial charge in [-0.2, -0.15) is 9.97 Å². The molecule has 0 atom stereocenters. The quantitative estimate of drug-likeness (QED) is 0.371. The Morgan fingerprint density at radius 2 is 1.24 bits per heavy atom. The molecule has 1 aromatic heterocycles. The SMILES string of the molecule is COc1cc(OC)nc(-c2ccc(C(=O)N3CCN(C(c4ccccc4)c4ccccc4)CC3)cc2)n1. The van der Waals surface area contributed by atoms with E-state index in [1.54, 1.807) is 20.3 Å².